The van der Waals surface area contributed by atoms with Gasteiger partial charge in [0.15, 0.2) is 11.6 Å². The molecule has 0 radical (unpaired) electrons. The highest BCUT2D eigenvalue weighted by Crippen LogP contribution is 2.17. The van der Waals surface area contributed by atoms with Crippen LogP contribution in [0, 0.1) is 5.92 Å². The predicted molar refractivity (Wildman–Crippen MR) is 75.8 cm³/mol. The SMILES string of the molecule is CC(C)C(N)CCN(C)Cc1noc(-c2ccco2)n1. The highest BCUT2D eigenvalue weighted by Gasteiger charge is 2.14. The average molecular weight is 278 g/mol. The first kappa shape index (κ1) is 14.7. The fraction of sp³-hybridized carbons (Fsp3) is 0.571. The summed E-state index contributed by atoms with van der Waals surface area (Å²) in [6.45, 7) is 5.82. The summed E-state index contributed by atoms with van der Waals surface area (Å²) in [5.41, 5.74) is 6.04. The first-order valence-electron chi connectivity index (χ1n) is 6.87. The predicted octanol–water partition coefficient (Wildman–Crippen LogP) is 2.13. The van der Waals surface area contributed by atoms with Gasteiger partial charge in [-0.15, -0.1) is 0 Å². The van der Waals surface area contributed by atoms with Crippen LogP contribution < -0.4 is 5.73 Å². The topological polar surface area (TPSA) is 81.3 Å². The van der Waals surface area contributed by atoms with E-state index in [4.69, 9.17) is 14.7 Å². The molecule has 110 valence electrons. The largest absolute Gasteiger partial charge is 0.459 e. The third-order valence-corrected chi connectivity index (χ3v) is 3.31. The van der Waals surface area contributed by atoms with E-state index < -0.39 is 0 Å². The molecule has 0 saturated carbocycles. The fourth-order valence-corrected chi connectivity index (χ4v) is 1.84. The molecule has 0 amide bonds. The number of hydrogen-bond acceptors (Lipinski definition) is 6. The second-order valence-corrected chi connectivity index (χ2v) is 5.43. The molecule has 2 heterocycles. The van der Waals surface area contributed by atoms with Crippen LogP contribution in [0.15, 0.2) is 27.3 Å². The van der Waals surface area contributed by atoms with Crippen molar-refractivity contribution in [1.29, 1.82) is 0 Å². The lowest BCUT2D eigenvalue weighted by atomic mass is 10.0. The van der Waals surface area contributed by atoms with Gasteiger partial charge in [0.2, 0.25) is 0 Å². The first-order valence-corrected chi connectivity index (χ1v) is 6.87. The molecule has 20 heavy (non-hydrogen) atoms. The number of hydrogen-bond donors (Lipinski definition) is 1. The highest BCUT2D eigenvalue weighted by atomic mass is 16.5. The molecule has 0 fully saturated rings. The molecule has 2 aromatic heterocycles. The van der Waals surface area contributed by atoms with Gasteiger partial charge in [0.25, 0.3) is 5.89 Å². The molecular weight excluding hydrogens is 256 g/mol. The smallest absolute Gasteiger partial charge is 0.293 e. The van der Waals surface area contributed by atoms with Gasteiger partial charge in [-0.25, -0.2) is 0 Å². The molecular formula is C14H22N4O2. The normalized spacial score (nSPS) is 13.3. The van der Waals surface area contributed by atoms with Crippen LogP contribution in [0.25, 0.3) is 11.7 Å². The number of nitrogens with two attached hydrogens (primary N) is 1. The van der Waals surface area contributed by atoms with Crippen molar-refractivity contribution in [3.63, 3.8) is 0 Å². The zero-order chi connectivity index (χ0) is 14.5. The number of rotatable bonds is 7. The van der Waals surface area contributed by atoms with Crippen molar-refractivity contribution in [2.75, 3.05) is 13.6 Å². The third kappa shape index (κ3) is 3.91. The average Bonchev–Trinajstić information content (AvgIpc) is 3.05. The Hall–Kier alpha value is -1.66. The van der Waals surface area contributed by atoms with Crippen LogP contribution in [-0.4, -0.2) is 34.7 Å². The van der Waals surface area contributed by atoms with Gasteiger partial charge < -0.3 is 14.7 Å². The van der Waals surface area contributed by atoms with E-state index in [9.17, 15) is 0 Å². The molecule has 6 heteroatoms. The van der Waals surface area contributed by atoms with E-state index in [0.29, 0.717) is 29.9 Å². The van der Waals surface area contributed by atoms with Gasteiger partial charge in [0.1, 0.15) is 0 Å². The molecule has 2 aromatic rings. The van der Waals surface area contributed by atoms with Crippen molar-refractivity contribution in [1.82, 2.24) is 15.0 Å². The molecule has 0 aliphatic rings. The van der Waals surface area contributed by atoms with Crippen molar-refractivity contribution >= 4 is 0 Å². The summed E-state index contributed by atoms with van der Waals surface area (Å²) in [5.74, 6) is 2.15. The summed E-state index contributed by atoms with van der Waals surface area (Å²) in [6, 6.07) is 3.81. The van der Waals surface area contributed by atoms with Crippen LogP contribution in [0.2, 0.25) is 0 Å². The van der Waals surface area contributed by atoms with Gasteiger partial charge in [0, 0.05) is 6.04 Å². The molecule has 2 N–H and O–H groups in total. The van der Waals surface area contributed by atoms with E-state index in [1.165, 1.54) is 0 Å². The van der Waals surface area contributed by atoms with Crippen molar-refractivity contribution in [2.24, 2.45) is 11.7 Å². The minimum atomic E-state index is 0.224. The van der Waals surface area contributed by atoms with Crippen molar-refractivity contribution < 1.29 is 8.94 Å². The van der Waals surface area contributed by atoms with Crippen LogP contribution >= 0.6 is 0 Å². The van der Waals surface area contributed by atoms with E-state index >= 15 is 0 Å². The van der Waals surface area contributed by atoms with Gasteiger partial charge in [-0.1, -0.05) is 19.0 Å². The fourth-order valence-electron chi connectivity index (χ4n) is 1.84. The zero-order valence-electron chi connectivity index (χ0n) is 12.2. The Balaban J connectivity index is 1.84. The third-order valence-electron chi connectivity index (χ3n) is 3.31. The molecule has 0 spiro atoms. The minimum absolute atomic E-state index is 0.224. The Kier molecular flexibility index (Phi) is 4.92. The molecule has 0 saturated heterocycles. The van der Waals surface area contributed by atoms with E-state index in [-0.39, 0.29) is 6.04 Å². The van der Waals surface area contributed by atoms with Gasteiger partial charge >= 0.3 is 0 Å². The zero-order valence-corrected chi connectivity index (χ0v) is 12.2. The number of furan rings is 1. The maximum atomic E-state index is 6.04. The quantitative estimate of drug-likeness (QED) is 0.835. The van der Waals surface area contributed by atoms with Crippen molar-refractivity contribution in [3.05, 3.63) is 24.2 Å². The minimum Gasteiger partial charge on any atom is -0.459 e. The Morgan fingerprint density at radius 2 is 2.20 bits per heavy atom. The summed E-state index contributed by atoms with van der Waals surface area (Å²) in [6.07, 6.45) is 2.54. The summed E-state index contributed by atoms with van der Waals surface area (Å²) in [7, 11) is 2.02. The van der Waals surface area contributed by atoms with Crippen molar-refractivity contribution in [3.8, 4) is 11.7 Å². The number of nitrogens with zero attached hydrogens (tertiary/aromatic N) is 3. The van der Waals surface area contributed by atoms with E-state index in [2.05, 4.69) is 28.9 Å². The van der Waals surface area contributed by atoms with Crippen LogP contribution in [0.4, 0.5) is 0 Å². The summed E-state index contributed by atoms with van der Waals surface area (Å²) in [4.78, 5) is 6.45. The summed E-state index contributed by atoms with van der Waals surface area (Å²) >= 11 is 0. The first-order chi connectivity index (χ1) is 9.56. The molecule has 1 unspecified atom stereocenters. The Labute approximate surface area is 118 Å². The van der Waals surface area contributed by atoms with E-state index in [1.807, 2.05) is 7.05 Å². The van der Waals surface area contributed by atoms with Gasteiger partial charge in [-0.2, -0.15) is 4.98 Å². The van der Waals surface area contributed by atoms with Crippen LogP contribution in [-0.2, 0) is 6.54 Å². The maximum Gasteiger partial charge on any atom is 0.293 e. The van der Waals surface area contributed by atoms with E-state index in [1.54, 1.807) is 18.4 Å². The van der Waals surface area contributed by atoms with Gasteiger partial charge in [-0.05, 0) is 38.1 Å². The lowest BCUT2D eigenvalue weighted by molar-refractivity contribution is 0.284. The molecule has 6 nitrogen and oxygen atoms in total. The van der Waals surface area contributed by atoms with E-state index in [0.717, 1.165) is 13.0 Å². The van der Waals surface area contributed by atoms with Crippen LogP contribution in [0.3, 0.4) is 0 Å². The molecule has 1 atom stereocenters. The highest BCUT2D eigenvalue weighted by molar-refractivity contribution is 5.42. The molecule has 0 aliphatic carbocycles. The second kappa shape index (κ2) is 6.67. The Bertz CT molecular complexity index is 507. The van der Waals surface area contributed by atoms with Crippen molar-refractivity contribution in [2.45, 2.75) is 32.9 Å². The van der Waals surface area contributed by atoms with Gasteiger partial charge in [0.05, 0.1) is 12.8 Å². The molecule has 0 bridgehead atoms. The van der Waals surface area contributed by atoms with Crippen LogP contribution in [0.1, 0.15) is 26.1 Å². The molecule has 2 rings (SSSR count). The summed E-state index contributed by atoms with van der Waals surface area (Å²) < 4.78 is 10.4. The Morgan fingerprint density at radius 3 is 2.85 bits per heavy atom. The maximum absolute atomic E-state index is 6.04. The standard InChI is InChI=1S/C14H22N4O2/c1-10(2)11(15)6-7-18(3)9-13-16-14(20-17-13)12-5-4-8-19-12/h4-5,8,10-11H,6-7,9,15H2,1-3H3. The molecule has 0 aliphatic heterocycles. The van der Waals surface area contributed by atoms with Gasteiger partial charge in [-0.3, -0.25) is 4.90 Å². The number of aromatic nitrogens is 2. The lowest BCUT2D eigenvalue weighted by Crippen LogP contribution is -2.31. The summed E-state index contributed by atoms with van der Waals surface area (Å²) in [5, 5.41) is 3.96. The Morgan fingerprint density at radius 1 is 1.40 bits per heavy atom. The molecule has 0 aromatic carbocycles. The van der Waals surface area contributed by atoms with Crippen LogP contribution in [0.5, 0.6) is 0 Å². The monoisotopic (exact) mass is 278 g/mol. The second-order valence-electron chi connectivity index (χ2n) is 5.43. The lowest BCUT2D eigenvalue weighted by Gasteiger charge is -2.20.